The minimum atomic E-state index is 0.259. The summed E-state index contributed by atoms with van der Waals surface area (Å²) in [5.74, 6) is 0. The van der Waals surface area contributed by atoms with Gasteiger partial charge in [0, 0.05) is 14.7 Å². The van der Waals surface area contributed by atoms with Crippen LogP contribution in [-0.4, -0.2) is 10.9 Å². The van der Waals surface area contributed by atoms with Crippen LogP contribution in [0, 0.1) is 5.41 Å². The Balaban J connectivity index is 1.87. The highest BCUT2D eigenvalue weighted by atomic mass is 79.9. The van der Waals surface area contributed by atoms with Crippen LogP contribution in [0.1, 0.15) is 25.8 Å². The summed E-state index contributed by atoms with van der Waals surface area (Å²) in [6.07, 6.45) is 1.49. The standard InChI is InChI=1S/C13H16Br2O/c1-13(2)11(15)7-12(13)16-8-9-3-5-10(14)6-4-9/h3-6,11-12H,7-8H2,1-2H3. The third-order valence-electron chi connectivity index (χ3n) is 3.42. The van der Waals surface area contributed by atoms with Gasteiger partial charge in [-0.2, -0.15) is 0 Å². The molecule has 88 valence electrons. The summed E-state index contributed by atoms with van der Waals surface area (Å²) in [5, 5.41) is 0. The fourth-order valence-electron chi connectivity index (χ4n) is 1.90. The van der Waals surface area contributed by atoms with Crippen molar-refractivity contribution in [2.75, 3.05) is 0 Å². The summed E-state index contributed by atoms with van der Waals surface area (Å²) < 4.78 is 7.06. The van der Waals surface area contributed by atoms with Crippen LogP contribution in [0.15, 0.2) is 28.7 Å². The molecule has 1 saturated carbocycles. The first-order valence-electron chi connectivity index (χ1n) is 5.50. The average molecular weight is 348 g/mol. The quantitative estimate of drug-likeness (QED) is 0.730. The molecule has 3 heteroatoms. The predicted molar refractivity (Wildman–Crippen MR) is 73.8 cm³/mol. The molecular formula is C13H16Br2O. The molecule has 0 aromatic heterocycles. The first-order valence-corrected chi connectivity index (χ1v) is 7.21. The molecule has 1 aromatic rings. The normalized spacial score (nSPS) is 27.5. The van der Waals surface area contributed by atoms with Crippen molar-refractivity contribution in [1.82, 2.24) is 0 Å². The number of alkyl halides is 1. The van der Waals surface area contributed by atoms with E-state index in [4.69, 9.17) is 4.74 Å². The van der Waals surface area contributed by atoms with Gasteiger partial charge >= 0.3 is 0 Å². The molecule has 0 N–H and O–H groups in total. The summed E-state index contributed by atoms with van der Waals surface area (Å²) in [6.45, 7) is 5.21. The van der Waals surface area contributed by atoms with Crippen LogP contribution in [0.4, 0.5) is 0 Å². The average Bonchev–Trinajstić information content (AvgIpc) is 2.26. The number of benzene rings is 1. The molecule has 1 nitrogen and oxygen atoms in total. The summed E-state index contributed by atoms with van der Waals surface area (Å²) in [6, 6.07) is 8.30. The van der Waals surface area contributed by atoms with Crippen molar-refractivity contribution in [3.63, 3.8) is 0 Å². The Bertz CT molecular complexity index is 359. The van der Waals surface area contributed by atoms with Crippen LogP contribution in [0.25, 0.3) is 0 Å². The van der Waals surface area contributed by atoms with Gasteiger partial charge in [-0.25, -0.2) is 0 Å². The minimum absolute atomic E-state index is 0.259. The number of halogens is 2. The zero-order chi connectivity index (χ0) is 11.8. The molecule has 0 amide bonds. The molecule has 0 heterocycles. The van der Waals surface area contributed by atoms with E-state index in [1.807, 2.05) is 0 Å². The van der Waals surface area contributed by atoms with Crippen molar-refractivity contribution in [1.29, 1.82) is 0 Å². The van der Waals surface area contributed by atoms with Crippen LogP contribution in [-0.2, 0) is 11.3 Å². The fraction of sp³-hybridized carbons (Fsp3) is 0.538. The topological polar surface area (TPSA) is 9.23 Å². The lowest BCUT2D eigenvalue weighted by Crippen LogP contribution is -2.51. The molecule has 1 fully saturated rings. The maximum atomic E-state index is 5.94. The second kappa shape index (κ2) is 4.79. The SMILES string of the molecule is CC1(C)C(Br)CC1OCc1ccc(Br)cc1. The van der Waals surface area contributed by atoms with E-state index in [1.165, 1.54) is 5.56 Å². The number of ether oxygens (including phenoxy) is 1. The summed E-state index contributed by atoms with van der Waals surface area (Å²) in [4.78, 5) is 0.593. The number of rotatable bonds is 3. The van der Waals surface area contributed by atoms with Crippen LogP contribution >= 0.6 is 31.9 Å². The first-order chi connectivity index (χ1) is 7.50. The van der Waals surface area contributed by atoms with Gasteiger partial charge in [-0.3, -0.25) is 0 Å². The van der Waals surface area contributed by atoms with Gasteiger partial charge in [-0.1, -0.05) is 57.8 Å². The number of hydrogen-bond donors (Lipinski definition) is 0. The third kappa shape index (κ3) is 2.52. The van der Waals surface area contributed by atoms with E-state index in [0.717, 1.165) is 10.9 Å². The van der Waals surface area contributed by atoms with E-state index in [0.29, 0.717) is 17.5 Å². The van der Waals surface area contributed by atoms with Crippen LogP contribution in [0.2, 0.25) is 0 Å². The largest absolute Gasteiger partial charge is 0.373 e. The van der Waals surface area contributed by atoms with Crippen LogP contribution in [0.3, 0.4) is 0 Å². The van der Waals surface area contributed by atoms with Gasteiger partial charge in [-0.15, -0.1) is 0 Å². The van der Waals surface area contributed by atoms with Crippen molar-refractivity contribution in [3.8, 4) is 0 Å². The Kier molecular flexibility index (Phi) is 3.77. The highest BCUT2D eigenvalue weighted by Gasteiger charge is 2.47. The molecule has 0 radical (unpaired) electrons. The molecule has 1 aliphatic rings. The Morgan fingerprint density at radius 3 is 2.44 bits per heavy atom. The van der Waals surface area contributed by atoms with Gasteiger partial charge in [0.25, 0.3) is 0 Å². The minimum Gasteiger partial charge on any atom is -0.373 e. The lowest BCUT2D eigenvalue weighted by atomic mass is 9.69. The van der Waals surface area contributed by atoms with Gasteiger partial charge in [0.2, 0.25) is 0 Å². The predicted octanol–water partition coefficient (Wildman–Crippen LogP) is 4.53. The van der Waals surface area contributed by atoms with Gasteiger partial charge in [0.1, 0.15) is 0 Å². The maximum absolute atomic E-state index is 5.94. The molecule has 0 saturated heterocycles. The zero-order valence-corrected chi connectivity index (χ0v) is 12.7. The van der Waals surface area contributed by atoms with E-state index in [-0.39, 0.29) is 5.41 Å². The van der Waals surface area contributed by atoms with E-state index >= 15 is 0 Å². The molecule has 16 heavy (non-hydrogen) atoms. The Morgan fingerprint density at radius 2 is 1.94 bits per heavy atom. The highest BCUT2D eigenvalue weighted by Crippen LogP contribution is 2.47. The molecule has 2 atom stereocenters. The van der Waals surface area contributed by atoms with Crippen molar-refractivity contribution < 1.29 is 4.74 Å². The monoisotopic (exact) mass is 346 g/mol. The number of hydrogen-bond acceptors (Lipinski definition) is 1. The Labute approximate surface area is 114 Å². The Morgan fingerprint density at radius 1 is 1.31 bits per heavy atom. The van der Waals surface area contributed by atoms with E-state index in [2.05, 4.69) is 70.0 Å². The van der Waals surface area contributed by atoms with Crippen LogP contribution < -0.4 is 0 Å². The van der Waals surface area contributed by atoms with Gasteiger partial charge in [0.05, 0.1) is 12.7 Å². The van der Waals surface area contributed by atoms with Crippen LogP contribution in [0.5, 0.6) is 0 Å². The van der Waals surface area contributed by atoms with E-state index < -0.39 is 0 Å². The second-order valence-corrected chi connectivity index (χ2v) is 6.97. The molecule has 0 bridgehead atoms. The summed E-state index contributed by atoms with van der Waals surface area (Å²) >= 11 is 7.10. The molecule has 2 unspecified atom stereocenters. The van der Waals surface area contributed by atoms with Crippen molar-refractivity contribution in [2.24, 2.45) is 5.41 Å². The first kappa shape index (κ1) is 12.6. The summed E-state index contributed by atoms with van der Waals surface area (Å²) in [5.41, 5.74) is 1.49. The molecule has 2 rings (SSSR count). The lowest BCUT2D eigenvalue weighted by molar-refractivity contribution is -0.0931. The fourth-order valence-corrected chi connectivity index (χ4v) is 2.80. The van der Waals surface area contributed by atoms with E-state index in [9.17, 15) is 0 Å². The highest BCUT2D eigenvalue weighted by molar-refractivity contribution is 9.10. The summed E-state index contributed by atoms with van der Waals surface area (Å²) in [7, 11) is 0. The molecule has 0 aliphatic heterocycles. The molecular weight excluding hydrogens is 332 g/mol. The van der Waals surface area contributed by atoms with Gasteiger partial charge < -0.3 is 4.74 Å². The van der Waals surface area contributed by atoms with Gasteiger partial charge in [0.15, 0.2) is 0 Å². The van der Waals surface area contributed by atoms with E-state index in [1.54, 1.807) is 0 Å². The van der Waals surface area contributed by atoms with Gasteiger partial charge in [-0.05, 0) is 24.1 Å². The third-order valence-corrected chi connectivity index (χ3v) is 5.51. The zero-order valence-electron chi connectivity index (χ0n) is 9.54. The van der Waals surface area contributed by atoms with Crippen molar-refractivity contribution in [2.45, 2.75) is 37.8 Å². The molecule has 1 aromatic carbocycles. The van der Waals surface area contributed by atoms with Crippen molar-refractivity contribution in [3.05, 3.63) is 34.3 Å². The Hall–Kier alpha value is 0.140. The smallest absolute Gasteiger partial charge is 0.0720 e. The molecule has 1 aliphatic carbocycles. The molecule has 0 spiro atoms. The second-order valence-electron chi connectivity index (χ2n) is 4.95. The maximum Gasteiger partial charge on any atom is 0.0720 e. The van der Waals surface area contributed by atoms with Crippen molar-refractivity contribution >= 4 is 31.9 Å². The lowest BCUT2D eigenvalue weighted by Gasteiger charge is -2.48.